The zero-order valence-electron chi connectivity index (χ0n) is 7.34. The first-order valence-corrected chi connectivity index (χ1v) is 4.36. The summed E-state index contributed by atoms with van der Waals surface area (Å²) in [5.74, 6) is 0. The summed E-state index contributed by atoms with van der Waals surface area (Å²) in [6, 6.07) is 5.15. The molecule has 0 saturated carbocycles. The zero-order chi connectivity index (χ0) is 10.2. The average Bonchev–Trinajstić information content (AvgIpc) is 2.00. The fourth-order valence-corrected chi connectivity index (χ4v) is 1.39. The third-order valence-corrected chi connectivity index (χ3v) is 2.31. The topological polar surface area (TPSA) is 9.23 Å². The number of hydrogen-bond donors (Lipinski definition) is 0. The highest BCUT2D eigenvalue weighted by Crippen LogP contribution is 2.33. The average molecular weight is 202 g/mol. The molecule has 1 aromatic rings. The molecule has 1 nitrogen and oxygen atoms in total. The molecule has 0 amide bonds. The molecule has 76 valence electrons. The summed E-state index contributed by atoms with van der Waals surface area (Å²) in [7, 11) is 0. The Morgan fingerprint density at radius 2 is 1.71 bits per heavy atom. The van der Waals surface area contributed by atoms with Gasteiger partial charge in [0.2, 0.25) is 0 Å². The van der Waals surface area contributed by atoms with Crippen LogP contribution in [0.5, 0.6) is 0 Å². The van der Waals surface area contributed by atoms with Crippen molar-refractivity contribution in [3.63, 3.8) is 0 Å². The minimum absolute atomic E-state index is 0.00252. The van der Waals surface area contributed by atoms with Crippen LogP contribution in [0, 0.1) is 0 Å². The van der Waals surface area contributed by atoms with Crippen LogP contribution in [0.1, 0.15) is 23.7 Å². The maximum Gasteiger partial charge on any atom is 0.416 e. The van der Waals surface area contributed by atoms with E-state index in [0.29, 0.717) is 6.61 Å². The second-order valence-corrected chi connectivity index (χ2v) is 3.27. The highest BCUT2D eigenvalue weighted by molar-refractivity contribution is 5.26. The fourth-order valence-electron chi connectivity index (χ4n) is 1.39. The number of hydrogen-bond acceptors (Lipinski definition) is 1. The molecular weight excluding hydrogens is 193 g/mol. The quantitative estimate of drug-likeness (QED) is 0.679. The van der Waals surface area contributed by atoms with Crippen molar-refractivity contribution in [2.75, 3.05) is 6.61 Å². The van der Waals surface area contributed by atoms with E-state index in [-0.39, 0.29) is 6.10 Å². The van der Waals surface area contributed by atoms with Crippen molar-refractivity contribution in [1.29, 1.82) is 0 Å². The Kier molecular flexibility index (Phi) is 2.23. The van der Waals surface area contributed by atoms with E-state index in [4.69, 9.17) is 4.74 Å². The highest BCUT2D eigenvalue weighted by Gasteiger charge is 2.30. The van der Waals surface area contributed by atoms with Gasteiger partial charge in [-0.25, -0.2) is 0 Å². The van der Waals surface area contributed by atoms with Gasteiger partial charge in [0, 0.05) is 6.42 Å². The summed E-state index contributed by atoms with van der Waals surface area (Å²) in [6.07, 6.45) is -3.36. The van der Waals surface area contributed by atoms with E-state index >= 15 is 0 Å². The Morgan fingerprint density at radius 3 is 2.07 bits per heavy atom. The largest absolute Gasteiger partial charge is 0.416 e. The van der Waals surface area contributed by atoms with Gasteiger partial charge in [0.05, 0.1) is 18.3 Å². The van der Waals surface area contributed by atoms with Crippen LogP contribution in [0.3, 0.4) is 0 Å². The molecule has 1 aromatic carbocycles. The minimum atomic E-state index is -4.25. The van der Waals surface area contributed by atoms with E-state index < -0.39 is 11.7 Å². The molecule has 0 spiro atoms. The third kappa shape index (κ3) is 1.75. The molecule has 4 heteroatoms. The highest BCUT2D eigenvalue weighted by atomic mass is 19.4. The van der Waals surface area contributed by atoms with Crippen LogP contribution in [0.25, 0.3) is 0 Å². The summed E-state index contributed by atoms with van der Waals surface area (Å²) < 4.78 is 41.7. The molecule has 1 atom stereocenters. The first-order valence-electron chi connectivity index (χ1n) is 4.36. The smallest absolute Gasteiger partial charge is 0.373 e. The summed E-state index contributed by atoms with van der Waals surface area (Å²) >= 11 is 0. The molecule has 1 heterocycles. The summed E-state index contributed by atoms with van der Waals surface area (Å²) in [6.45, 7) is 0.700. The van der Waals surface area contributed by atoms with Crippen molar-refractivity contribution in [2.45, 2.75) is 18.7 Å². The Labute approximate surface area is 79.5 Å². The molecule has 0 aliphatic carbocycles. The third-order valence-electron chi connectivity index (χ3n) is 2.31. The number of ether oxygens (including phenoxy) is 1. The lowest BCUT2D eigenvalue weighted by Crippen LogP contribution is -2.18. The van der Waals surface area contributed by atoms with E-state index in [2.05, 4.69) is 0 Å². The van der Waals surface area contributed by atoms with Crippen molar-refractivity contribution in [2.24, 2.45) is 0 Å². The van der Waals surface area contributed by atoms with Gasteiger partial charge in [-0.15, -0.1) is 0 Å². The fraction of sp³-hybridized carbons (Fsp3) is 0.400. The Hall–Kier alpha value is -1.03. The molecule has 0 radical (unpaired) electrons. The molecule has 1 aliphatic rings. The predicted molar refractivity (Wildman–Crippen MR) is 44.8 cm³/mol. The van der Waals surface area contributed by atoms with Crippen LogP contribution in [0.15, 0.2) is 24.3 Å². The minimum Gasteiger partial charge on any atom is -0.373 e. The van der Waals surface area contributed by atoms with Gasteiger partial charge >= 0.3 is 6.18 Å². The van der Waals surface area contributed by atoms with Gasteiger partial charge in [0.15, 0.2) is 0 Å². The molecule has 1 fully saturated rings. The first-order chi connectivity index (χ1) is 6.57. The van der Waals surface area contributed by atoms with E-state index in [0.717, 1.165) is 24.1 Å². The maximum atomic E-state index is 12.2. The van der Waals surface area contributed by atoms with Gasteiger partial charge in [-0.05, 0) is 17.7 Å². The van der Waals surface area contributed by atoms with Crippen molar-refractivity contribution in [1.82, 2.24) is 0 Å². The predicted octanol–water partition coefficient (Wildman–Crippen LogP) is 3.17. The second-order valence-electron chi connectivity index (χ2n) is 3.27. The molecule has 0 aromatic heterocycles. The molecule has 2 rings (SSSR count). The number of benzene rings is 1. The van der Waals surface area contributed by atoms with Crippen LogP contribution in [0.2, 0.25) is 0 Å². The van der Waals surface area contributed by atoms with Crippen molar-refractivity contribution in [3.8, 4) is 0 Å². The van der Waals surface area contributed by atoms with Gasteiger partial charge < -0.3 is 4.74 Å². The molecule has 0 N–H and O–H groups in total. The van der Waals surface area contributed by atoms with Crippen LogP contribution in [-0.2, 0) is 10.9 Å². The van der Waals surface area contributed by atoms with Crippen LogP contribution in [-0.4, -0.2) is 6.61 Å². The van der Waals surface area contributed by atoms with Gasteiger partial charge in [-0.3, -0.25) is 0 Å². The van der Waals surface area contributed by atoms with E-state index in [1.807, 2.05) is 0 Å². The summed E-state index contributed by atoms with van der Waals surface area (Å²) in [5, 5.41) is 0. The van der Waals surface area contributed by atoms with Crippen LogP contribution >= 0.6 is 0 Å². The van der Waals surface area contributed by atoms with E-state index in [1.165, 1.54) is 12.1 Å². The summed E-state index contributed by atoms with van der Waals surface area (Å²) in [5.41, 5.74) is 0.213. The van der Waals surface area contributed by atoms with Crippen molar-refractivity contribution < 1.29 is 17.9 Å². The number of halogens is 3. The van der Waals surface area contributed by atoms with Crippen LogP contribution < -0.4 is 0 Å². The first kappa shape index (κ1) is 9.52. The molecule has 0 unspecified atom stereocenters. The maximum absolute atomic E-state index is 12.2. The molecule has 1 saturated heterocycles. The summed E-state index contributed by atoms with van der Waals surface area (Å²) in [4.78, 5) is 0. The van der Waals surface area contributed by atoms with Gasteiger partial charge in [-0.2, -0.15) is 13.2 Å². The van der Waals surface area contributed by atoms with Gasteiger partial charge in [-0.1, -0.05) is 12.1 Å². The molecule has 1 aliphatic heterocycles. The Morgan fingerprint density at radius 1 is 1.14 bits per heavy atom. The number of alkyl halides is 3. The molecule has 14 heavy (non-hydrogen) atoms. The van der Waals surface area contributed by atoms with Crippen LogP contribution in [0.4, 0.5) is 13.2 Å². The van der Waals surface area contributed by atoms with Gasteiger partial charge in [0.1, 0.15) is 0 Å². The Balaban J connectivity index is 2.17. The lowest BCUT2D eigenvalue weighted by molar-refractivity contribution is -0.137. The normalized spacial score (nSPS) is 21.8. The standard InChI is InChI=1S/C10H9F3O/c11-10(12,13)8-3-1-7(2-4-8)9-5-6-14-9/h1-4,9H,5-6H2/t9-/m1/s1. The lowest BCUT2D eigenvalue weighted by atomic mass is 10.0. The lowest BCUT2D eigenvalue weighted by Gasteiger charge is -2.26. The van der Waals surface area contributed by atoms with E-state index in [1.54, 1.807) is 0 Å². The number of rotatable bonds is 1. The van der Waals surface area contributed by atoms with Crippen molar-refractivity contribution >= 4 is 0 Å². The molecule has 0 bridgehead atoms. The van der Waals surface area contributed by atoms with E-state index in [9.17, 15) is 13.2 Å². The van der Waals surface area contributed by atoms with Crippen molar-refractivity contribution in [3.05, 3.63) is 35.4 Å². The SMILES string of the molecule is FC(F)(F)c1ccc([C@H]2CCO2)cc1. The monoisotopic (exact) mass is 202 g/mol. The second kappa shape index (κ2) is 3.28. The van der Waals surface area contributed by atoms with Gasteiger partial charge in [0.25, 0.3) is 0 Å². The Bertz CT molecular complexity index is 311. The zero-order valence-corrected chi connectivity index (χ0v) is 7.34. The molecular formula is C10H9F3O.